The Morgan fingerprint density at radius 1 is 1.60 bits per heavy atom. The maximum atomic E-state index is 12.6. The van der Waals surface area contributed by atoms with Crippen LogP contribution in [0.2, 0.25) is 0 Å². The van der Waals surface area contributed by atoms with Gasteiger partial charge in [0.05, 0.1) is 0 Å². The summed E-state index contributed by atoms with van der Waals surface area (Å²) < 4.78 is 23.7. The van der Waals surface area contributed by atoms with Crippen LogP contribution in [-0.2, 0) is 10.8 Å². The highest BCUT2D eigenvalue weighted by atomic mass is 32.2. The molecule has 0 spiro atoms. The zero-order chi connectivity index (χ0) is 11.3. The van der Waals surface area contributed by atoms with Crippen molar-refractivity contribution >= 4 is 16.6 Å². The van der Waals surface area contributed by atoms with Crippen LogP contribution in [0.15, 0.2) is 12.4 Å². The van der Waals surface area contributed by atoms with Crippen molar-refractivity contribution in [1.29, 1.82) is 0 Å². The topological polar surface area (TPSA) is 54.9 Å². The smallest absolute Gasteiger partial charge is 0.217 e. The summed E-state index contributed by atoms with van der Waals surface area (Å²) in [6.45, 7) is 2.54. The van der Waals surface area contributed by atoms with Gasteiger partial charge in [-0.25, -0.2) is 9.97 Å². The fourth-order valence-corrected chi connectivity index (χ4v) is 1.45. The van der Waals surface area contributed by atoms with Crippen molar-refractivity contribution in [3.8, 4) is 0 Å². The van der Waals surface area contributed by atoms with Crippen LogP contribution in [0.4, 0.5) is 10.2 Å². The SMILES string of the molecule is CC(CCNc1cc(F)ncn1)S(C)=O. The van der Waals surface area contributed by atoms with Crippen molar-refractivity contribution in [2.75, 3.05) is 18.1 Å². The molecule has 0 radical (unpaired) electrons. The number of nitrogens with one attached hydrogen (secondary N) is 1. The van der Waals surface area contributed by atoms with Crippen molar-refractivity contribution < 1.29 is 8.60 Å². The van der Waals surface area contributed by atoms with Gasteiger partial charge < -0.3 is 5.32 Å². The Kier molecular flexibility index (Phi) is 4.61. The zero-order valence-electron chi connectivity index (χ0n) is 8.74. The van der Waals surface area contributed by atoms with Gasteiger partial charge in [-0.05, 0) is 6.42 Å². The average molecular weight is 231 g/mol. The van der Waals surface area contributed by atoms with Gasteiger partial charge in [-0.3, -0.25) is 4.21 Å². The molecule has 0 fully saturated rings. The number of rotatable bonds is 5. The molecule has 1 heterocycles. The first-order valence-electron chi connectivity index (χ1n) is 4.63. The molecule has 0 saturated heterocycles. The van der Waals surface area contributed by atoms with Crippen LogP contribution in [0.5, 0.6) is 0 Å². The predicted molar refractivity (Wildman–Crippen MR) is 58.6 cm³/mol. The Labute approximate surface area is 90.8 Å². The summed E-state index contributed by atoms with van der Waals surface area (Å²) >= 11 is 0. The Bertz CT molecular complexity index is 348. The van der Waals surface area contributed by atoms with Crippen LogP contribution < -0.4 is 5.32 Å². The molecule has 0 aliphatic heterocycles. The van der Waals surface area contributed by atoms with E-state index in [1.165, 1.54) is 12.4 Å². The van der Waals surface area contributed by atoms with Gasteiger partial charge in [0.2, 0.25) is 5.95 Å². The summed E-state index contributed by atoms with van der Waals surface area (Å²) in [7, 11) is -0.819. The average Bonchev–Trinajstić information content (AvgIpc) is 2.17. The van der Waals surface area contributed by atoms with Crippen molar-refractivity contribution in [2.45, 2.75) is 18.6 Å². The summed E-state index contributed by atoms with van der Waals surface area (Å²) in [5.74, 6) is -0.101. The highest BCUT2D eigenvalue weighted by Gasteiger charge is 2.05. The fourth-order valence-electron chi connectivity index (χ4n) is 1.000. The summed E-state index contributed by atoms with van der Waals surface area (Å²) in [5.41, 5.74) is 0. The lowest BCUT2D eigenvalue weighted by atomic mass is 10.3. The van der Waals surface area contributed by atoms with Crippen molar-refractivity contribution in [3.63, 3.8) is 0 Å². The van der Waals surface area contributed by atoms with Crippen molar-refractivity contribution in [1.82, 2.24) is 9.97 Å². The molecule has 0 saturated carbocycles. The predicted octanol–water partition coefficient (Wildman–Crippen LogP) is 1.18. The number of hydrogen-bond acceptors (Lipinski definition) is 4. The second-order valence-electron chi connectivity index (χ2n) is 3.25. The first-order valence-corrected chi connectivity index (χ1v) is 6.25. The molecular weight excluding hydrogens is 217 g/mol. The quantitative estimate of drug-likeness (QED) is 0.773. The monoisotopic (exact) mass is 231 g/mol. The largest absolute Gasteiger partial charge is 0.370 e. The molecule has 4 nitrogen and oxygen atoms in total. The molecular formula is C9H14FN3OS. The lowest BCUT2D eigenvalue weighted by Crippen LogP contribution is -2.15. The van der Waals surface area contributed by atoms with Crippen LogP contribution in [0, 0.1) is 5.95 Å². The number of nitrogens with zero attached hydrogens (tertiary/aromatic N) is 2. The maximum Gasteiger partial charge on any atom is 0.217 e. The van der Waals surface area contributed by atoms with Gasteiger partial charge in [0.25, 0.3) is 0 Å². The van der Waals surface area contributed by atoms with Crippen molar-refractivity contribution in [3.05, 3.63) is 18.3 Å². The Hall–Kier alpha value is -1.04. The van der Waals surface area contributed by atoms with E-state index in [0.717, 1.165) is 6.42 Å². The molecule has 0 aliphatic carbocycles. The van der Waals surface area contributed by atoms with Gasteiger partial charge in [-0.15, -0.1) is 0 Å². The maximum absolute atomic E-state index is 12.6. The molecule has 0 bridgehead atoms. The molecule has 6 heteroatoms. The molecule has 2 unspecified atom stereocenters. The van der Waals surface area contributed by atoms with E-state index < -0.39 is 16.7 Å². The minimum absolute atomic E-state index is 0.129. The summed E-state index contributed by atoms with van der Waals surface area (Å²) in [5, 5.41) is 3.07. The highest BCUT2D eigenvalue weighted by molar-refractivity contribution is 7.84. The molecule has 0 aromatic carbocycles. The van der Waals surface area contributed by atoms with E-state index in [1.54, 1.807) is 6.26 Å². The second kappa shape index (κ2) is 5.75. The standard InChI is InChI=1S/C9H14FN3OS/c1-7(15(2)14)3-4-11-9-5-8(10)12-6-13-9/h5-7H,3-4H2,1-2H3,(H,11,12,13). The number of hydrogen-bond donors (Lipinski definition) is 1. The minimum Gasteiger partial charge on any atom is -0.370 e. The fraction of sp³-hybridized carbons (Fsp3) is 0.556. The molecule has 0 aliphatic rings. The van der Waals surface area contributed by atoms with E-state index in [1.807, 2.05) is 6.92 Å². The first-order chi connectivity index (χ1) is 7.09. The lowest BCUT2D eigenvalue weighted by molar-refractivity contribution is 0.580. The molecule has 0 amide bonds. The molecule has 1 N–H and O–H groups in total. The van der Waals surface area contributed by atoms with E-state index in [2.05, 4.69) is 15.3 Å². The van der Waals surface area contributed by atoms with E-state index in [0.29, 0.717) is 12.4 Å². The number of halogens is 1. The van der Waals surface area contributed by atoms with Crippen LogP contribution >= 0.6 is 0 Å². The Balaban J connectivity index is 2.35. The van der Waals surface area contributed by atoms with Crippen LogP contribution in [-0.4, -0.2) is 32.2 Å². The summed E-state index contributed by atoms with van der Waals surface area (Å²) in [6.07, 6.45) is 3.60. The third-order valence-corrected chi connectivity index (χ3v) is 3.43. The van der Waals surface area contributed by atoms with E-state index in [-0.39, 0.29) is 5.25 Å². The van der Waals surface area contributed by atoms with E-state index in [9.17, 15) is 8.60 Å². The lowest BCUT2D eigenvalue weighted by Gasteiger charge is -2.09. The molecule has 1 aromatic rings. The zero-order valence-corrected chi connectivity index (χ0v) is 9.55. The normalized spacial score (nSPS) is 14.6. The summed E-state index contributed by atoms with van der Waals surface area (Å²) in [6, 6.07) is 1.23. The number of anilines is 1. The molecule has 84 valence electrons. The highest BCUT2D eigenvalue weighted by Crippen LogP contribution is 2.04. The van der Waals surface area contributed by atoms with Crippen LogP contribution in [0.3, 0.4) is 0 Å². The minimum atomic E-state index is -0.819. The first kappa shape index (κ1) is 12.0. The Morgan fingerprint density at radius 3 is 2.93 bits per heavy atom. The Morgan fingerprint density at radius 2 is 2.33 bits per heavy atom. The van der Waals surface area contributed by atoms with Gasteiger partial charge in [-0.1, -0.05) is 6.92 Å². The molecule has 2 atom stereocenters. The van der Waals surface area contributed by atoms with Crippen LogP contribution in [0.1, 0.15) is 13.3 Å². The van der Waals surface area contributed by atoms with Gasteiger partial charge >= 0.3 is 0 Å². The van der Waals surface area contributed by atoms with Gasteiger partial charge in [-0.2, -0.15) is 4.39 Å². The molecule has 1 aromatic heterocycles. The van der Waals surface area contributed by atoms with Gasteiger partial charge in [0.15, 0.2) is 0 Å². The van der Waals surface area contributed by atoms with Crippen LogP contribution in [0.25, 0.3) is 0 Å². The number of aromatic nitrogens is 2. The van der Waals surface area contributed by atoms with Crippen molar-refractivity contribution in [2.24, 2.45) is 0 Å². The van der Waals surface area contributed by atoms with Gasteiger partial charge in [0.1, 0.15) is 12.1 Å². The summed E-state index contributed by atoms with van der Waals surface area (Å²) in [4.78, 5) is 7.19. The second-order valence-corrected chi connectivity index (χ2v) is 5.05. The molecule has 1 rings (SSSR count). The van der Waals surface area contributed by atoms with E-state index >= 15 is 0 Å². The third-order valence-electron chi connectivity index (χ3n) is 2.06. The van der Waals surface area contributed by atoms with Gasteiger partial charge in [0, 0.05) is 34.9 Å². The third kappa shape index (κ3) is 4.33. The van der Waals surface area contributed by atoms with E-state index in [4.69, 9.17) is 0 Å². The molecule has 15 heavy (non-hydrogen) atoms.